The molecule has 0 heterocycles. The van der Waals surface area contributed by atoms with Crippen molar-refractivity contribution in [1.29, 1.82) is 0 Å². The topological polar surface area (TPSA) is 50.4 Å². The number of methoxy groups -OCH3 is 1. The van der Waals surface area contributed by atoms with Crippen molar-refractivity contribution in [3.8, 4) is 5.75 Å². The van der Waals surface area contributed by atoms with Crippen LogP contribution in [0.15, 0.2) is 24.3 Å². The lowest BCUT2D eigenvalue weighted by molar-refractivity contribution is -0.120. The van der Waals surface area contributed by atoms with Crippen molar-refractivity contribution in [2.75, 3.05) is 20.2 Å². The van der Waals surface area contributed by atoms with Crippen LogP contribution in [0.5, 0.6) is 5.75 Å². The molecule has 1 fully saturated rings. The fourth-order valence-electron chi connectivity index (χ4n) is 2.96. The molecule has 0 spiro atoms. The zero-order valence-electron chi connectivity index (χ0n) is 13.6. The van der Waals surface area contributed by atoms with Crippen molar-refractivity contribution >= 4 is 5.91 Å². The third-order valence-electron chi connectivity index (χ3n) is 4.26. The van der Waals surface area contributed by atoms with Crippen molar-refractivity contribution in [2.45, 2.75) is 51.0 Å². The van der Waals surface area contributed by atoms with Gasteiger partial charge in [0.05, 0.1) is 7.11 Å². The summed E-state index contributed by atoms with van der Waals surface area (Å²) in [4.78, 5) is 11.8. The maximum absolute atomic E-state index is 11.8. The molecule has 122 valence electrons. The molecule has 1 saturated carbocycles. The SMILES string of the molecule is COc1cccc(CCNC(=O)CCNC2CCCCC2)c1. The third kappa shape index (κ3) is 6.06. The first kappa shape index (κ1) is 16.8. The Kier molecular flexibility index (Phi) is 7.23. The van der Waals surface area contributed by atoms with E-state index in [2.05, 4.69) is 16.7 Å². The summed E-state index contributed by atoms with van der Waals surface area (Å²) in [6.07, 6.45) is 7.93. The van der Waals surface area contributed by atoms with Crippen molar-refractivity contribution in [3.05, 3.63) is 29.8 Å². The van der Waals surface area contributed by atoms with Gasteiger partial charge in [-0.15, -0.1) is 0 Å². The number of benzene rings is 1. The van der Waals surface area contributed by atoms with E-state index in [-0.39, 0.29) is 5.91 Å². The standard InChI is InChI=1S/C18H28N2O2/c1-22-17-9-5-6-15(14-17)10-12-20-18(21)11-13-19-16-7-3-2-4-8-16/h5-6,9,14,16,19H,2-4,7-8,10-13H2,1H3,(H,20,21). The van der Waals surface area contributed by atoms with Gasteiger partial charge in [-0.25, -0.2) is 0 Å². The van der Waals surface area contributed by atoms with Crippen molar-refractivity contribution < 1.29 is 9.53 Å². The largest absolute Gasteiger partial charge is 0.497 e. The predicted octanol–water partition coefficient (Wildman–Crippen LogP) is 2.67. The lowest BCUT2D eigenvalue weighted by Gasteiger charge is -2.22. The van der Waals surface area contributed by atoms with Gasteiger partial charge in [-0.3, -0.25) is 4.79 Å². The molecule has 0 unspecified atom stereocenters. The smallest absolute Gasteiger partial charge is 0.221 e. The van der Waals surface area contributed by atoms with Crippen molar-refractivity contribution in [2.24, 2.45) is 0 Å². The van der Waals surface area contributed by atoms with Gasteiger partial charge in [0.1, 0.15) is 5.75 Å². The molecule has 0 atom stereocenters. The summed E-state index contributed by atoms with van der Waals surface area (Å²) >= 11 is 0. The summed E-state index contributed by atoms with van der Waals surface area (Å²) < 4.78 is 5.20. The Labute approximate surface area is 133 Å². The summed E-state index contributed by atoms with van der Waals surface area (Å²) in [5.74, 6) is 0.992. The van der Waals surface area contributed by atoms with E-state index >= 15 is 0 Å². The second kappa shape index (κ2) is 9.46. The Morgan fingerprint density at radius 1 is 1.23 bits per heavy atom. The Hall–Kier alpha value is -1.55. The molecule has 0 aliphatic heterocycles. The van der Waals surface area contributed by atoms with Gasteiger partial charge in [0.15, 0.2) is 0 Å². The van der Waals surface area contributed by atoms with Gasteiger partial charge in [0, 0.05) is 25.6 Å². The van der Waals surface area contributed by atoms with E-state index in [4.69, 9.17) is 4.74 Å². The Morgan fingerprint density at radius 3 is 2.82 bits per heavy atom. The summed E-state index contributed by atoms with van der Waals surface area (Å²) in [5, 5.41) is 6.48. The molecule has 22 heavy (non-hydrogen) atoms. The van der Waals surface area contributed by atoms with Gasteiger partial charge in [-0.1, -0.05) is 31.4 Å². The maximum Gasteiger partial charge on any atom is 0.221 e. The molecule has 1 aliphatic rings. The number of amides is 1. The van der Waals surface area contributed by atoms with E-state index in [1.54, 1.807) is 7.11 Å². The minimum absolute atomic E-state index is 0.131. The van der Waals surface area contributed by atoms with E-state index in [0.717, 1.165) is 18.7 Å². The number of nitrogens with one attached hydrogen (secondary N) is 2. The van der Waals surface area contributed by atoms with Crippen molar-refractivity contribution in [1.82, 2.24) is 10.6 Å². The molecule has 1 amide bonds. The van der Waals surface area contributed by atoms with Crippen LogP contribution >= 0.6 is 0 Å². The van der Waals surface area contributed by atoms with Crippen LogP contribution in [-0.4, -0.2) is 32.1 Å². The number of hydrogen-bond acceptors (Lipinski definition) is 3. The lowest BCUT2D eigenvalue weighted by atomic mass is 9.95. The number of hydrogen-bond donors (Lipinski definition) is 2. The Bertz CT molecular complexity index is 456. The van der Waals surface area contributed by atoms with E-state index in [1.807, 2.05) is 18.2 Å². The highest BCUT2D eigenvalue weighted by molar-refractivity contribution is 5.76. The van der Waals surface area contributed by atoms with Crippen LogP contribution < -0.4 is 15.4 Å². The van der Waals surface area contributed by atoms with Crippen LogP contribution in [0, 0.1) is 0 Å². The van der Waals surface area contributed by atoms with Crippen LogP contribution in [0.2, 0.25) is 0 Å². The minimum Gasteiger partial charge on any atom is -0.497 e. The highest BCUT2D eigenvalue weighted by Gasteiger charge is 2.12. The highest BCUT2D eigenvalue weighted by atomic mass is 16.5. The second-order valence-corrected chi connectivity index (χ2v) is 5.99. The Balaban J connectivity index is 1.57. The molecule has 4 nitrogen and oxygen atoms in total. The van der Waals surface area contributed by atoms with Crippen LogP contribution in [0.4, 0.5) is 0 Å². The van der Waals surface area contributed by atoms with Crippen LogP contribution in [0.25, 0.3) is 0 Å². The first-order valence-corrected chi connectivity index (χ1v) is 8.41. The second-order valence-electron chi connectivity index (χ2n) is 5.99. The van der Waals surface area contributed by atoms with Gasteiger partial charge < -0.3 is 15.4 Å². The maximum atomic E-state index is 11.8. The molecule has 0 bridgehead atoms. The monoisotopic (exact) mass is 304 g/mol. The summed E-state index contributed by atoms with van der Waals surface area (Å²) in [7, 11) is 1.67. The molecular weight excluding hydrogens is 276 g/mol. The molecular formula is C18H28N2O2. The number of rotatable bonds is 8. The summed E-state index contributed by atoms with van der Waals surface area (Å²) in [6.45, 7) is 1.46. The molecule has 2 rings (SSSR count). The zero-order chi connectivity index (χ0) is 15.6. The lowest BCUT2D eigenvalue weighted by Crippen LogP contribution is -2.35. The zero-order valence-corrected chi connectivity index (χ0v) is 13.6. The Morgan fingerprint density at radius 2 is 2.05 bits per heavy atom. The number of carbonyl (C=O) groups is 1. The molecule has 0 radical (unpaired) electrons. The molecule has 1 aliphatic carbocycles. The van der Waals surface area contributed by atoms with E-state index in [9.17, 15) is 4.79 Å². The average molecular weight is 304 g/mol. The predicted molar refractivity (Wildman–Crippen MR) is 89.2 cm³/mol. The molecule has 0 saturated heterocycles. The summed E-state index contributed by atoms with van der Waals surface area (Å²) in [5.41, 5.74) is 1.18. The first-order valence-electron chi connectivity index (χ1n) is 8.41. The average Bonchev–Trinajstić information content (AvgIpc) is 2.56. The minimum atomic E-state index is 0.131. The number of ether oxygens (including phenoxy) is 1. The van der Waals surface area contributed by atoms with Gasteiger partial charge in [0.2, 0.25) is 5.91 Å². The normalized spacial score (nSPS) is 15.5. The molecule has 1 aromatic carbocycles. The number of carbonyl (C=O) groups excluding carboxylic acids is 1. The van der Waals surface area contributed by atoms with E-state index < -0.39 is 0 Å². The van der Waals surface area contributed by atoms with E-state index in [1.165, 1.54) is 37.7 Å². The van der Waals surface area contributed by atoms with Gasteiger partial charge in [-0.05, 0) is 37.0 Å². The molecule has 0 aromatic heterocycles. The first-order chi connectivity index (χ1) is 10.8. The van der Waals surface area contributed by atoms with Crippen LogP contribution in [0.3, 0.4) is 0 Å². The summed E-state index contributed by atoms with van der Waals surface area (Å²) in [6, 6.07) is 8.59. The van der Waals surface area contributed by atoms with Gasteiger partial charge >= 0.3 is 0 Å². The molecule has 4 heteroatoms. The van der Waals surface area contributed by atoms with Crippen LogP contribution in [0.1, 0.15) is 44.1 Å². The fourth-order valence-corrected chi connectivity index (χ4v) is 2.96. The van der Waals surface area contributed by atoms with Gasteiger partial charge in [0.25, 0.3) is 0 Å². The quantitative estimate of drug-likeness (QED) is 0.776. The van der Waals surface area contributed by atoms with Gasteiger partial charge in [-0.2, -0.15) is 0 Å². The fraction of sp³-hybridized carbons (Fsp3) is 0.611. The molecule has 1 aromatic rings. The van der Waals surface area contributed by atoms with Crippen LogP contribution in [-0.2, 0) is 11.2 Å². The molecule has 2 N–H and O–H groups in total. The highest BCUT2D eigenvalue weighted by Crippen LogP contribution is 2.17. The van der Waals surface area contributed by atoms with Crippen molar-refractivity contribution in [3.63, 3.8) is 0 Å². The van der Waals surface area contributed by atoms with E-state index in [0.29, 0.717) is 19.0 Å². The third-order valence-corrected chi connectivity index (χ3v) is 4.26.